The molecule has 3 aromatic rings. The summed E-state index contributed by atoms with van der Waals surface area (Å²) in [5.41, 5.74) is 4.12. The average molecular weight is 576 g/mol. The van der Waals surface area contributed by atoms with Crippen LogP contribution in [-0.4, -0.2) is 43.8 Å². The number of aryl methyl sites for hydroxylation is 3. The Morgan fingerprint density at radius 3 is 2.15 bits per heavy atom. The van der Waals surface area contributed by atoms with Gasteiger partial charge < -0.3 is 10.2 Å². The van der Waals surface area contributed by atoms with Crippen molar-refractivity contribution in [2.24, 2.45) is 0 Å². The largest absolute Gasteiger partial charge is 0.352 e. The van der Waals surface area contributed by atoms with E-state index < -0.39 is 28.5 Å². The average Bonchev–Trinajstić information content (AvgIpc) is 2.96. The fourth-order valence-corrected chi connectivity index (χ4v) is 6.86. The first-order valence-corrected chi connectivity index (χ1v) is 15.8. The number of amides is 2. The first kappa shape index (κ1) is 30.3. The summed E-state index contributed by atoms with van der Waals surface area (Å²) < 4.78 is 29.1. The van der Waals surface area contributed by atoms with Crippen molar-refractivity contribution in [2.75, 3.05) is 10.8 Å². The number of benzene rings is 3. The zero-order valence-corrected chi connectivity index (χ0v) is 25.3. The quantitative estimate of drug-likeness (QED) is 0.337. The van der Waals surface area contributed by atoms with Crippen molar-refractivity contribution < 1.29 is 18.0 Å². The Kier molecular flexibility index (Phi) is 9.86. The fraction of sp³-hybridized carbons (Fsp3) is 0.394. The van der Waals surface area contributed by atoms with E-state index in [-0.39, 0.29) is 23.4 Å². The van der Waals surface area contributed by atoms with Crippen LogP contribution < -0.4 is 9.62 Å². The molecule has 1 N–H and O–H groups in total. The van der Waals surface area contributed by atoms with Gasteiger partial charge in [0.2, 0.25) is 11.8 Å². The summed E-state index contributed by atoms with van der Waals surface area (Å²) >= 11 is 0. The lowest BCUT2D eigenvalue weighted by molar-refractivity contribution is -0.139. The smallest absolute Gasteiger partial charge is 0.264 e. The third-order valence-corrected chi connectivity index (χ3v) is 9.60. The second kappa shape index (κ2) is 13.3. The van der Waals surface area contributed by atoms with Gasteiger partial charge in [-0.05, 0) is 69.9 Å². The fourth-order valence-electron chi connectivity index (χ4n) is 5.36. The summed E-state index contributed by atoms with van der Waals surface area (Å²) in [5.74, 6) is -0.669. The maximum Gasteiger partial charge on any atom is 0.264 e. The minimum atomic E-state index is -4.08. The highest BCUT2D eigenvalue weighted by Gasteiger charge is 2.33. The molecule has 3 aromatic carbocycles. The van der Waals surface area contributed by atoms with Crippen LogP contribution in [0.5, 0.6) is 0 Å². The molecule has 1 fully saturated rings. The van der Waals surface area contributed by atoms with E-state index in [1.165, 1.54) is 27.8 Å². The second-order valence-electron chi connectivity index (χ2n) is 11.1. The van der Waals surface area contributed by atoms with Crippen molar-refractivity contribution >= 4 is 27.5 Å². The van der Waals surface area contributed by atoms with Crippen LogP contribution in [0.15, 0.2) is 77.7 Å². The Balaban J connectivity index is 1.69. The number of nitrogens with one attached hydrogen (secondary N) is 1. The lowest BCUT2D eigenvalue weighted by atomic mass is 9.95. The van der Waals surface area contributed by atoms with Crippen molar-refractivity contribution in [3.8, 4) is 0 Å². The molecule has 0 bridgehead atoms. The van der Waals surface area contributed by atoms with Gasteiger partial charge in [0.1, 0.15) is 12.6 Å². The summed E-state index contributed by atoms with van der Waals surface area (Å²) in [5, 5.41) is 3.14. The first-order chi connectivity index (χ1) is 19.6. The van der Waals surface area contributed by atoms with Crippen LogP contribution in [0, 0.1) is 20.8 Å². The molecule has 7 nitrogen and oxygen atoms in total. The molecule has 0 aromatic heterocycles. The lowest BCUT2D eigenvalue weighted by Crippen LogP contribution is -2.53. The van der Waals surface area contributed by atoms with Gasteiger partial charge in [0.15, 0.2) is 0 Å². The van der Waals surface area contributed by atoms with Crippen LogP contribution in [0.2, 0.25) is 0 Å². The topological polar surface area (TPSA) is 86.8 Å². The maximum atomic E-state index is 14.1. The molecule has 1 atom stereocenters. The Labute approximate surface area is 244 Å². The molecule has 0 radical (unpaired) electrons. The molecule has 2 amide bonds. The summed E-state index contributed by atoms with van der Waals surface area (Å²) in [4.78, 5) is 29.2. The number of rotatable bonds is 10. The molecular weight excluding hydrogens is 534 g/mol. The highest BCUT2D eigenvalue weighted by atomic mass is 32.2. The highest BCUT2D eigenvalue weighted by molar-refractivity contribution is 7.92. The van der Waals surface area contributed by atoms with Gasteiger partial charge in [-0.3, -0.25) is 13.9 Å². The molecule has 0 saturated heterocycles. The minimum absolute atomic E-state index is 0.0974. The van der Waals surface area contributed by atoms with Gasteiger partial charge in [0.25, 0.3) is 10.0 Å². The van der Waals surface area contributed by atoms with Crippen molar-refractivity contribution in [1.29, 1.82) is 0 Å². The normalized spacial score (nSPS) is 14.7. The number of nitrogens with zero attached hydrogens (tertiary/aromatic N) is 2. The molecule has 218 valence electrons. The van der Waals surface area contributed by atoms with Crippen molar-refractivity contribution in [2.45, 2.75) is 83.3 Å². The zero-order valence-electron chi connectivity index (χ0n) is 24.5. The van der Waals surface area contributed by atoms with E-state index in [2.05, 4.69) is 5.32 Å². The molecule has 0 aliphatic heterocycles. The number of anilines is 1. The van der Waals surface area contributed by atoms with Crippen LogP contribution in [0.25, 0.3) is 0 Å². The van der Waals surface area contributed by atoms with E-state index in [1.807, 2.05) is 57.2 Å². The van der Waals surface area contributed by atoms with Crippen LogP contribution >= 0.6 is 0 Å². The Morgan fingerprint density at radius 2 is 1.51 bits per heavy atom. The van der Waals surface area contributed by atoms with E-state index in [0.29, 0.717) is 5.69 Å². The standard InChI is InChI=1S/C33H41N3O4S/c1-24-15-18-28(19-16-24)22-35(27(4)33(38)34-29-11-7-5-8-12-29)32(37)23-36(31-20-17-25(2)21-26(31)3)41(39,40)30-13-9-6-10-14-30/h6,9-10,13-21,27,29H,5,7-8,11-12,22-23H2,1-4H3,(H,34,38). The molecule has 0 heterocycles. The maximum absolute atomic E-state index is 14.1. The van der Waals surface area contributed by atoms with E-state index in [0.717, 1.165) is 47.9 Å². The van der Waals surface area contributed by atoms with E-state index in [1.54, 1.807) is 31.2 Å². The van der Waals surface area contributed by atoms with Crippen molar-refractivity contribution in [1.82, 2.24) is 10.2 Å². The van der Waals surface area contributed by atoms with Gasteiger partial charge >= 0.3 is 0 Å². The predicted molar refractivity (Wildman–Crippen MR) is 163 cm³/mol. The molecule has 4 rings (SSSR count). The summed E-state index contributed by atoms with van der Waals surface area (Å²) in [6, 6.07) is 20.7. The minimum Gasteiger partial charge on any atom is -0.352 e. The van der Waals surface area contributed by atoms with Gasteiger partial charge in [0, 0.05) is 12.6 Å². The molecule has 1 unspecified atom stereocenters. The van der Waals surface area contributed by atoms with Crippen molar-refractivity contribution in [3.05, 3.63) is 95.1 Å². The number of sulfonamides is 1. The molecule has 41 heavy (non-hydrogen) atoms. The van der Waals surface area contributed by atoms with E-state index >= 15 is 0 Å². The van der Waals surface area contributed by atoms with Gasteiger partial charge in [-0.2, -0.15) is 0 Å². The number of carbonyl (C=O) groups is 2. The predicted octanol–water partition coefficient (Wildman–Crippen LogP) is 5.67. The number of hydrogen-bond acceptors (Lipinski definition) is 4. The monoisotopic (exact) mass is 575 g/mol. The Morgan fingerprint density at radius 1 is 0.878 bits per heavy atom. The van der Waals surface area contributed by atoms with Crippen LogP contribution in [0.3, 0.4) is 0 Å². The van der Waals surface area contributed by atoms with Gasteiger partial charge in [-0.1, -0.05) is 85.0 Å². The van der Waals surface area contributed by atoms with E-state index in [4.69, 9.17) is 0 Å². The summed E-state index contributed by atoms with van der Waals surface area (Å²) in [7, 11) is -4.08. The zero-order chi connectivity index (χ0) is 29.6. The Bertz CT molecular complexity index is 1450. The van der Waals surface area contributed by atoms with Gasteiger partial charge in [0.05, 0.1) is 10.6 Å². The Hall–Kier alpha value is -3.65. The molecule has 1 saturated carbocycles. The van der Waals surface area contributed by atoms with Crippen molar-refractivity contribution in [3.63, 3.8) is 0 Å². The molecular formula is C33H41N3O4S. The third-order valence-electron chi connectivity index (χ3n) is 7.82. The van der Waals surface area contributed by atoms with Crippen LogP contribution in [0.1, 0.15) is 61.3 Å². The lowest BCUT2D eigenvalue weighted by Gasteiger charge is -2.33. The molecule has 1 aliphatic carbocycles. The summed E-state index contributed by atoms with van der Waals surface area (Å²) in [6.45, 7) is 7.23. The highest BCUT2D eigenvalue weighted by Crippen LogP contribution is 2.28. The third kappa shape index (κ3) is 7.55. The number of carbonyl (C=O) groups excluding carboxylic acids is 2. The van der Waals surface area contributed by atoms with Gasteiger partial charge in [-0.25, -0.2) is 8.42 Å². The second-order valence-corrected chi connectivity index (χ2v) is 13.0. The first-order valence-electron chi connectivity index (χ1n) is 14.4. The SMILES string of the molecule is Cc1ccc(CN(C(=O)CN(c2ccc(C)cc2C)S(=O)(=O)c2ccccc2)C(C)C(=O)NC2CCCCC2)cc1. The number of hydrogen-bond donors (Lipinski definition) is 1. The summed E-state index contributed by atoms with van der Waals surface area (Å²) in [6.07, 6.45) is 5.19. The molecule has 0 spiro atoms. The molecule has 8 heteroatoms. The van der Waals surface area contributed by atoms with Gasteiger partial charge in [-0.15, -0.1) is 0 Å². The molecule has 1 aliphatic rings. The van der Waals surface area contributed by atoms with Crippen LogP contribution in [-0.2, 0) is 26.2 Å². The van der Waals surface area contributed by atoms with E-state index in [9.17, 15) is 18.0 Å². The van der Waals surface area contributed by atoms with Crippen LogP contribution in [0.4, 0.5) is 5.69 Å².